The van der Waals surface area contributed by atoms with Crippen LogP contribution in [0.3, 0.4) is 0 Å². The number of rotatable bonds is 4. The third kappa shape index (κ3) is 2.13. The van der Waals surface area contributed by atoms with Crippen molar-refractivity contribution in [2.45, 2.75) is 19.3 Å². The van der Waals surface area contributed by atoms with Crippen LogP contribution in [0.1, 0.15) is 19.4 Å². The highest BCUT2D eigenvalue weighted by atomic mass is 16.5. The molecule has 0 radical (unpaired) electrons. The van der Waals surface area contributed by atoms with Gasteiger partial charge >= 0.3 is 0 Å². The number of hydrogen-bond acceptors (Lipinski definition) is 3. The molecule has 1 aromatic carbocycles. The molecule has 18 heavy (non-hydrogen) atoms. The normalized spacial score (nSPS) is 13.3. The van der Waals surface area contributed by atoms with Gasteiger partial charge in [0.1, 0.15) is 5.41 Å². The summed E-state index contributed by atoms with van der Waals surface area (Å²) in [5.74, 6) is 3.81. The van der Waals surface area contributed by atoms with Crippen molar-refractivity contribution in [1.29, 1.82) is 5.26 Å². The summed E-state index contributed by atoms with van der Waals surface area (Å²) in [4.78, 5) is 0. The van der Waals surface area contributed by atoms with Crippen LogP contribution < -0.4 is 9.47 Å². The Morgan fingerprint density at radius 2 is 1.83 bits per heavy atom. The summed E-state index contributed by atoms with van der Waals surface area (Å²) in [5, 5.41) is 9.43. The van der Waals surface area contributed by atoms with Crippen molar-refractivity contribution < 1.29 is 9.47 Å². The zero-order valence-electron chi connectivity index (χ0n) is 11.2. The smallest absolute Gasteiger partial charge is 0.161 e. The Hall–Kier alpha value is -2.13. The molecule has 0 heterocycles. The molecular formula is C15H17NO2. The minimum absolute atomic E-state index is 0.00519. The van der Waals surface area contributed by atoms with Gasteiger partial charge in [-0.1, -0.05) is 25.8 Å². The van der Waals surface area contributed by atoms with Crippen LogP contribution in [0.5, 0.6) is 11.5 Å². The van der Waals surface area contributed by atoms with E-state index in [1.807, 2.05) is 19.9 Å². The lowest BCUT2D eigenvalue weighted by Gasteiger charge is -2.26. The average molecular weight is 243 g/mol. The van der Waals surface area contributed by atoms with Gasteiger partial charge in [-0.3, -0.25) is 0 Å². The Kier molecular flexibility index (Phi) is 4.23. The van der Waals surface area contributed by atoms with E-state index in [-0.39, 0.29) is 5.92 Å². The zero-order valence-corrected chi connectivity index (χ0v) is 11.2. The predicted molar refractivity (Wildman–Crippen MR) is 70.5 cm³/mol. The molecule has 1 rings (SSSR count). The summed E-state index contributed by atoms with van der Waals surface area (Å²) in [7, 11) is 3.12. The lowest BCUT2D eigenvalue weighted by atomic mass is 9.73. The van der Waals surface area contributed by atoms with Gasteiger partial charge in [-0.15, -0.1) is 6.42 Å². The molecule has 3 nitrogen and oxygen atoms in total. The van der Waals surface area contributed by atoms with E-state index >= 15 is 0 Å². The van der Waals surface area contributed by atoms with Crippen LogP contribution in [0, 0.1) is 29.6 Å². The molecule has 0 N–H and O–H groups in total. The molecule has 0 aromatic heterocycles. The van der Waals surface area contributed by atoms with E-state index in [0.717, 1.165) is 5.56 Å². The molecule has 0 saturated carbocycles. The summed E-state index contributed by atoms with van der Waals surface area (Å²) in [6.07, 6.45) is 5.57. The lowest BCUT2D eigenvalue weighted by molar-refractivity contribution is 0.353. The van der Waals surface area contributed by atoms with Crippen molar-refractivity contribution in [1.82, 2.24) is 0 Å². The monoisotopic (exact) mass is 243 g/mol. The molecule has 1 unspecified atom stereocenters. The lowest BCUT2D eigenvalue weighted by Crippen LogP contribution is -2.28. The van der Waals surface area contributed by atoms with E-state index in [4.69, 9.17) is 15.9 Å². The topological polar surface area (TPSA) is 42.2 Å². The van der Waals surface area contributed by atoms with Crippen LogP contribution in [0.15, 0.2) is 18.2 Å². The molecular weight excluding hydrogens is 226 g/mol. The Balaban J connectivity index is 3.42. The SMILES string of the molecule is C#CC(C#N)(c1ccc(OC)c(OC)c1)C(C)C. The summed E-state index contributed by atoms with van der Waals surface area (Å²) in [6, 6.07) is 7.58. The number of methoxy groups -OCH3 is 2. The van der Waals surface area contributed by atoms with Gasteiger partial charge in [0, 0.05) is 0 Å². The molecule has 0 aliphatic heterocycles. The summed E-state index contributed by atoms with van der Waals surface area (Å²) >= 11 is 0. The van der Waals surface area contributed by atoms with Gasteiger partial charge in [-0.2, -0.15) is 5.26 Å². The molecule has 0 aliphatic carbocycles. The highest BCUT2D eigenvalue weighted by Crippen LogP contribution is 2.36. The van der Waals surface area contributed by atoms with Crippen molar-refractivity contribution in [2.24, 2.45) is 5.92 Å². The first-order chi connectivity index (χ1) is 8.55. The molecule has 94 valence electrons. The van der Waals surface area contributed by atoms with Crippen LogP contribution in [0.25, 0.3) is 0 Å². The van der Waals surface area contributed by atoms with E-state index in [9.17, 15) is 5.26 Å². The summed E-state index contributed by atoms with van der Waals surface area (Å²) in [5.41, 5.74) is -0.195. The zero-order chi connectivity index (χ0) is 13.8. The fourth-order valence-electron chi connectivity index (χ4n) is 1.89. The number of nitrogens with zero attached hydrogens (tertiary/aromatic N) is 1. The van der Waals surface area contributed by atoms with Gasteiger partial charge in [0.05, 0.1) is 20.3 Å². The van der Waals surface area contributed by atoms with Crippen molar-refractivity contribution in [3.63, 3.8) is 0 Å². The largest absolute Gasteiger partial charge is 0.493 e. The van der Waals surface area contributed by atoms with Crippen LogP contribution in [-0.4, -0.2) is 14.2 Å². The molecule has 1 atom stereocenters. The van der Waals surface area contributed by atoms with E-state index in [2.05, 4.69) is 12.0 Å². The van der Waals surface area contributed by atoms with Gasteiger partial charge in [-0.25, -0.2) is 0 Å². The Morgan fingerprint density at radius 1 is 1.22 bits per heavy atom. The third-order valence-corrected chi connectivity index (χ3v) is 3.11. The van der Waals surface area contributed by atoms with Gasteiger partial charge in [0.2, 0.25) is 0 Å². The first kappa shape index (κ1) is 13.9. The van der Waals surface area contributed by atoms with Gasteiger partial charge in [0.25, 0.3) is 0 Å². The number of ether oxygens (including phenoxy) is 2. The number of terminal acetylenes is 1. The second kappa shape index (κ2) is 5.47. The van der Waals surface area contributed by atoms with Crippen molar-refractivity contribution in [2.75, 3.05) is 14.2 Å². The van der Waals surface area contributed by atoms with Crippen LogP contribution in [0.4, 0.5) is 0 Å². The van der Waals surface area contributed by atoms with E-state index < -0.39 is 5.41 Å². The summed E-state index contributed by atoms with van der Waals surface area (Å²) < 4.78 is 10.4. The second-order valence-corrected chi connectivity index (χ2v) is 4.29. The highest BCUT2D eigenvalue weighted by Gasteiger charge is 2.34. The fraction of sp³-hybridized carbons (Fsp3) is 0.400. The van der Waals surface area contributed by atoms with Crippen LogP contribution in [0.2, 0.25) is 0 Å². The molecule has 0 spiro atoms. The molecule has 0 saturated heterocycles. The number of hydrogen-bond donors (Lipinski definition) is 0. The first-order valence-electron chi connectivity index (χ1n) is 5.67. The van der Waals surface area contributed by atoms with Crippen molar-refractivity contribution >= 4 is 0 Å². The highest BCUT2D eigenvalue weighted by molar-refractivity contribution is 5.51. The Bertz CT molecular complexity index is 492. The van der Waals surface area contributed by atoms with E-state index in [1.165, 1.54) is 0 Å². The maximum Gasteiger partial charge on any atom is 0.161 e. The van der Waals surface area contributed by atoms with Crippen LogP contribution in [-0.2, 0) is 5.41 Å². The maximum atomic E-state index is 9.43. The number of benzene rings is 1. The predicted octanol–water partition coefficient (Wildman–Crippen LogP) is 2.75. The first-order valence-corrected chi connectivity index (χ1v) is 5.67. The minimum atomic E-state index is -0.945. The Labute approximate surface area is 108 Å². The summed E-state index contributed by atoms with van der Waals surface area (Å²) in [6.45, 7) is 3.86. The molecule has 1 aromatic rings. The third-order valence-electron chi connectivity index (χ3n) is 3.11. The van der Waals surface area contributed by atoms with E-state index in [0.29, 0.717) is 11.5 Å². The standard InChI is InChI=1S/C15H17NO2/c1-6-15(10-16,11(2)3)12-7-8-13(17-4)14(9-12)18-5/h1,7-9,11H,2-5H3. The average Bonchev–Trinajstić information content (AvgIpc) is 2.40. The molecule has 0 aliphatic rings. The number of nitriles is 1. The van der Waals surface area contributed by atoms with Crippen molar-refractivity contribution in [3.8, 4) is 29.9 Å². The van der Waals surface area contributed by atoms with Gasteiger partial charge in [-0.05, 0) is 23.6 Å². The molecule has 0 fully saturated rings. The maximum absolute atomic E-state index is 9.43. The molecule has 3 heteroatoms. The molecule has 0 amide bonds. The fourth-order valence-corrected chi connectivity index (χ4v) is 1.89. The van der Waals surface area contributed by atoms with Crippen LogP contribution >= 0.6 is 0 Å². The Morgan fingerprint density at radius 3 is 2.22 bits per heavy atom. The van der Waals surface area contributed by atoms with Gasteiger partial charge in [0.15, 0.2) is 11.5 Å². The second-order valence-electron chi connectivity index (χ2n) is 4.29. The van der Waals surface area contributed by atoms with E-state index in [1.54, 1.807) is 26.4 Å². The van der Waals surface area contributed by atoms with Crippen molar-refractivity contribution in [3.05, 3.63) is 23.8 Å². The van der Waals surface area contributed by atoms with Gasteiger partial charge < -0.3 is 9.47 Å². The quantitative estimate of drug-likeness (QED) is 0.764. The molecule has 0 bridgehead atoms. The minimum Gasteiger partial charge on any atom is -0.493 e.